The number of unbranched alkanes of at least 4 members (excludes halogenated alkanes) is 1. The average Bonchev–Trinajstić information content (AvgIpc) is 2.68. The first-order chi connectivity index (χ1) is 12.9. The maximum Gasteiger partial charge on any atom is 0.243 e. The Kier molecular flexibility index (Phi) is 6.01. The molecule has 1 aliphatic rings. The molecule has 7 heteroatoms. The topological polar surface area (TPSA) is 66.9 Å². The molecule has 1 amide bonds. The number of rotatable bonds is 6. The lowest BCUT2D eigenvalue weighted by Gasteiger charge is -2.33. The molecule has 0 N–H and O–H groups in total. The van der Waals surface area contributed by atoms with Gasteiger partial charge in [-0.05, 0) is 18.6 Å². The van der Waals surface area contributed by atoms with E-state index in [1.165, 1.54) is 11.2 Å². The Labute approximate surface area is 160 Å². The van der Waals surface area contributed by atoms with Crippen molar-refractivity contribution in [2.45, 2.75) is 31.6 Å². The number of hydrogen-bond acceptors (Lipinski definition) is 4. The molecular weight excluding hydrogens is 364 g/mol. The minimum atomic E-state index is -3.64. The second-order valence-electron chi connectivity index (χ2n) is 6.72. The molecule has 0 radical (unpaired) electrons. The number of benzene rings is 2. The summed E-state index contributed by atoms with van der Waals surface area (Å²) in [5.74, 6) is 0.686. The number of fused-ring (bicyclic) bond motifs is 1. The summed E-state index contributed by atoms with van der Waals surface area (Å²) < 4.78 is 33.8. The van der Waals surface area contributed by atoms with Crippen LogP contribution in [-0.4, -0.2) is 56.3 Å². The fourth-order valence-electron chi connectivity index (χ4n) is 3.30. The lowest BCUT2D eigenvalue weighted by molar-refractivity contribution is -0.129. The van der Waals surface area contributed by atoms with Gasteiger partial charge in [-0.15, -0.1) is 0 Å². The Balaban J connectivity index is 1.92. The molecule has 2 aromatic rings. The highest BCUT2D eigenvalue weighted by Gasteiger charge is 2.30. The first-order valence-corrected chi connectivity index (χ1v) is 10.8. The number of hydrogen-bond donors (Lipinski definition) is 0. The van der Waals surface area contributed by atoms with Crippen LogP contribution in [0.4, 0.5) is 0 Å². The van der Waals surface area contributed by atoms with E-state index in [9.17, 15) is 13.2 Å². The van der Waals surface area contributed by atoms with Crippen molar-refractivity contribution in [1.29, 1.82) is 0 Å². The molecule has 0 spiro atoms. The lowest BCUT2D eigenvalue weighted by atomic mass is 10.1. The second-order valence-corrected chi connectivity index (χ2v) is 8.63. The van der Waals surface area contributed by atoms with Crippen LogP contribution in [0, 0.1) is 0 Å². The number of nitrogens with zero attached hydrogens (tertiary/aromatic N) is 2. The number of amides is 1. The number of sulfonamides is 1. The van der Waals surface area contributed by atoms with E-state index in [1.807, 2.05) is 24.3 Å². The van der Waals surface area contributed by atoms with Crippen molar-refractivity contribution in [3.8, 4) is 5.75 Å². The van der Waals surface area contributed by atoms with Gasteiger partial charge in [-0.2, -0.15) is 4.31 Å². The zero-order valence-corrected chi connectivity index (χ0v) is 16.7. The van der Waals surface area contributed by atoms with Gasteiger partial charge in [0.05, 0.1) is 11.5 Å². The molecule has 2 aromatic carbocycles. The average molecular weight is 391 g/mol. The summed E-state index contributed by atoms with van der Waals surface area (Å²) in [6, 6.07) is 10.8. The van der Waals surface area contributed by atoms with Gasteiger partial charge in [0.25, 0.3) is 0 Å². The van der Waals surface area contributed by atoms with Gasteiger partial charge in [0, 0.05) is 43.9 Å². The Morgan fingerprint density at radius 3 is 2.33 bits per heavy atom. The lowest BCUT2D eigenvalue weighted by Crippen LogP contribution is -2.49. The van der Waals surface area contributed by atoms with Crippen LogP contribution in [0.1, 0.15) is 26.7 Å². The molecule has 0 bridgehead atoms. The van der Waals surface area contributed by atoms with Crippen LogP contribution in [0.2, 0.25) is 0 Å². The van der Waals surface area contributed by atoms with E-state index in [-0.39, 0.29) is 10.8 Å². The molecule has 0 saturated carbocycles. The van der Waals surface area contributed by atoms with E-state index in [0.717, 1.165) is 18.2 Å². The predicted octanol–water partition coefficient (Wildman–Crippen LogP) is 2.87. The summed E-state index contributed by atoms with van der Waals surface area (Å²) >= 11 is 0. The molecule has 0 atom stereocenters. The summed E-state index contributed by atoms with van der Waals surface area (Å²) in [4.78, 5) is 13.5. The first-order valence-electron chi connectivity index (χ1n) is 9.35. The number of carbonyl (C=O) groups excluding carboxylic acids is 1. The molecule has 1 heterocycles. The van der Waals surface area contributed by atoms with Crippen molar-refractivity contribution in [3.05, 3.63) is 36.4 Å². The van der Waals surface area contributed by atoms with E-state index in [1.54, 1.807) is 17.0 Å². The Bertz CT molecular complexity index is 919. The maximum atomic E-state index is 13.2. The molecule has 0 aromatic heterocycles. The van der Waals surface area contributed by atoms with Crippen LogP contribution in [0.25, 0.3) is 10.8 Å². The Morgan fingerprint density at radius 2 is 1.70 bits per heavy atom. The van der Waals surface area contributed by atoms with E-state index >= 15 is 0 Å². The van der Waals surface area contributed by atoms with Crippen LogP contribution >= 0.6 is 0 Å². The molecule has 1 aliphatic heterocycles. The largest absolute Gasteiger partial charge is 0.493 e. The Hall–Kier alpha value is -2.12. The highest BCUT2D eigenvalue weighted by atomic mass is 32.2. The van der Waals surface area contributed by atoms with Gasteiger partial charge in [0.2, 0.25) is 15.9 Å². The quantitative estimate of drug-likeness (QED) is 0.712. The highest BCUT2D eigenvalue weighted by molar-refractivity contribution is 7.89. The normalized spacial score (nSPS) is 15.9. The number of carbonyl (C=O) groups is 1. The maximum absolute atomic E-state index is 13.2. The van der Waals surface area contributed by atoms with Gasteiger partial charge in [0.15, 0.2) is 0 Å². The summed E-state index contributed by atoms with van der Waals surface area (Å²) in [6.45, 7) is 5.68. The van der Waals surface area contributed by atoms with Crippen LogP contribution in [0.15, 0.2) is 41.3 Å². The van der Waals surface area contributed by atoms with Gasteiger partial charge < -0.3 is 9.64 Å². The fraction of sp³-hybridized carbons (Fsp3) is 0.450. The molecule has 0 unspecified atom stereocenters. The zero-order chi connectivity index (χ0) is 19.4. The summed E-state index contributed by atoms with van der Waals surface area (Å²) in [5.41, 5.74) is 0. The van der Waals surface area contributed by atoms with Crippen molar-refractivity contribution in [3.63, 3.8) is 0 Å². The van der Waals surface area contributed by atoms with Crippen LogP contribution < -0.4 is 4.74 Å². The van der Waals surface area contributed by atoms with Crippen molar-refractivity contribution in [2.24, 2.45) is 0 Å². The molecular formula is C20H26N2O4S. The molecule has 1 fully saturated rings. The minimum Gasteiger partial charge on any atom is -0.493 e. The third-order valence-electron chi connectivity index (χ3n) is 4.90. The van der Waals surface area contributed by atoms with E-state index in [2.05, 4.69) is 6.92 Å². The predicted molar refractivity (Wildman–Crippen MR) is 105 cm³/mol. The molecule has 27 heavy (non-hydrogen) atoms. The first kappa shape index (κ1) is 19.6. The summed E-state index contributed by atoms with van der Waals surface area (Å²) in [5, 5.41) is 1.47. The summed E-state index contributed by atoms with van der Waals surface area (Å²) in [7, 11) is -3.64. The molecule has 0 aliphatic carbocycles. The van der Waals surface area contributed by atoms with E-state index < -0.39 is 10.0 Å². The van der Waals surface area contributed by atoms with Gasteiger partial charge in [-0.3, -0.25) is 4.79 Å². The minimum absolute atomic E-state index is 0.0221. The van der Waals surface area contributed by atoms with Crippen molar-refractivity contribution in [1.82, 2.24) is 9.21 Å². The van der Waals surface area contributed by atoms with Crippen LogP contribution in [0.3, 0.4) is 0 Å². The van der Waals surface area contributed by atoms with Crippen LogP contribution in [-0.2, 0) is 14.8 Å². The van der Waals surface area contributed by atoms with Gasteiger partial charge >= 0.3 is 0 Å². The smallest absolute Gasteiger partial charge is 0.243 e. The van der Waals surface area contributed by atoms with Gasteiger partial charge in [0.1, 0.15) is 5.75 Å². The zero-order valence-electron chi connectivity index (χ0n) is 15.8. The SMILES string of the molecule is CCCCOc1ccc(S(=O)(=O)N2CCN(C(C)=O)CC2)c2ccccc12. The standard InChI is InChI=1S/C20H26N2O4S/c1-3-4-15-26-19-9-10-20(18-8-6-5-7-17(18)19)27(24,25)22-13-11-21(12-14-22)16(2)23/h5-10H,3-4,11-15H2,1-2H3. The van der Waals surface area contributed by atoms with Gasteiger partial charge in [-0.25, -0.2) is 8.42 Å². The third kappa shape index (κ3) is 4.09. The van der Waals surface area contributed by atoms with Crippen molar-refractivity contribution >= 4 is 26.7 Å². The molecule has 6 nitrogen and oxygen atoms in total. The fourth-order valence-corrected chi connectivity index (χ4v) is 4.92. The number of ether oxygens (including phenoxy) is 1. The third-order valence-corrected chi connectivity index (χ3v) is 6.86. The molecule has 146 valence electrons. The molecule has 1 saturated heterocycles. The summed E-state index contributed by atoms with van der Waals surface area (Å²) in [6.07, 6.45) is 1.99. The number of piperazine rings is 1. The van der Waals surface area contributed by atoms with E-state index in [4.69, 9.17) is 4.74 Å². The van der Waals surface area contributed by atoms with Crippen LogP contribution in [0.5, 0.6) is 5.75 Å². The van der Waals surface area contributed by atoms with E-state index in [0.29, 0.717) is 43.9 Å². The Morgan fingerprint density at radius 1 is 1.04 bits per heavy atom. The second kappa shape index (κ2) is 8.27. The monoisotopic (exact) mass is 390 g/mol. The van der Waals surface area contributed by atoms with Crippen molar-refractivity contribution in [2.75, 3.05) is 32.8 Å². The van der Waals surface area contributed by atoms with Crippen molar-refractivity contribution < 1.29 is 17.9 Å². The highest BCUT2D eigenvalue weighted by Crippen LogP contribution is 2.33. The van der Waals surface area contributed by atoms with Gasteiger partial charge in [-0.1, -0.05) is 37.6 Å². The molecule has 3 rings (SSSR count).